The van der Waals surface area contributed by atoms with Crippen LogP contribution in [0.15, 0.2) is 47.5 Å². The van der Waals surface area contributed by atoms with Crippen LogP contribution in [-0.4, -0.2) is 25.5 Å². The summed E-state index contributed by atoms with van der Waals surface area (Å²) in [7, 11) is 3.12. The van der Waals surface area contributed by atoms with E-state index in [9.17, 15) is 4.39 Å². The number of ether oxygens (including phenoxy) is 3. The van der Waals surface area contributed by atoms with Gasteiger partial charge < -0.3 is 14.2 Å². The average molecular weight is 345 g/mol. The van der Waals surface area contributed by atoms with Crippen molar-refractivity contribution < 1.29 is 18.6 Å². The molecule has 0 spiro atoms. The van der Waals surface area contributed by atoms with E-state index in [1.165, 1.54) is 17.8 Å². The van der Waals surface area contributed by atoms with Crippen molar-refractivity contribution >= 4 is 22.7 Å². The van der Waals surface area contributed by atoms with Crippen LogP contribution in [0.3, 0.4) is 0 Å². The summed E-state index contributed by atoms with van der Waals surface area (Å²) >= 11 is 1.47. The normalized spacial score (nSPS) is 10.7. The van der Waals surface area contributed by atoms with Crippen molar-refractivity contribution in [2.24, 2.45) is 0 Å². The van der Waals surface area contributed by atoms with Crippen molar-refractivity contribution in [3.63, 3.8) is 0 Å². The van der Waals surface area contributed by atoms with Crippen LogP contribution in [0.4, 0.5) is 4.39 Å². The number of benzene rings is 2. The van der Waals surface area contributed by atoms with Crippen LogP contribution in [0.25, 0.3) is 10.9 Å². The highest BCUT2D eigenvalue weighted by Gasteiger charge is 2.13. The molecule has 6 heteroatoms. The van der Waals surface area contributed by atoms with Gasteiger partial charge in [-0.15, -0.1) is 11.8 Å². The Bertz CT molecular complexity index is 886. The molecule has 0 radical (unpaired) electrons. The third kappa shape index (κ3) is 3.10. The summed E-state index contributed by atoms with van der Waals surface area (Å²) in [6.07, 6.45) is 3.50. The zero-order chi connectivity index (χ0) is 17.1. The molecular formula is C18H16FNO3S. The first-order valence-corrected chi connectivity index (χ1v) is 8.41. The zero-order valence-corrected chi connectivity index (χ0v) is 14.3. The molecule has 3 rings (SSSR count). The number of thioether (sulfide) groups is 1. The fourth-order valence-corrected chi connectivity index (χ4v) is 2.77. The second kappa shape index (κ2) is 6.97. The quantitative estimate of drug-likeness (QED) is 0.615. The minimum atomic E-state index is -0.410. The van der Waals surface area contributed by atoms with Gasteiger partial charge in [-0.05, 0) is 36.6 Å². The van der Waals surface area contributed by atoms with Crippen LogP contribution in [0.2, 0.25) is 0 Å². The Morgan fingerprint density at radius 2 is 1.67 bits per heavy atom. The molecule has 0 saturated heterocycles. The van der Waals surface area contributed by atoms with Gasteiger partial charge in [-0.2, -0.15) is 0 Å². The molecule has 0 amide bonds. The lowest BCUT2D eigenvalue weighted by Crippen LogP contribution is -1.94. The highest BCUT2D eigenvalue weighted by atomic mass is 32.2. The SMILES string of the molecule is COc1cc2nccc(Oc3ccc(SC)cc3F)c2cc1OC. The summed E-state index contributed by atoms with van der Waals surface area (Å²) in [6, 6.07) is 10.1. The molecule has 0 saturated carbocycles. The molecular weight excluding hydrogens is 329 g/mol. The number of hydrogen-bond donors (Lipinski definition) is 0. The first-order valence-electron chi connectivity index (χ1n) is 7.18. The number of fused-ring (bicyclic) bond motifs is 1. The Balaban J connectivity index is 2.06. The van der Waals surface area contributed by atoms with Gasteiger partial charge in [0.05, 0.1) is 19.7 Å². The van der Waals surface area contributed by atoms with Crippen LogP contribution in [0.1, 0.15) is 0 Å². The minimum absolute atomic E-state index is 0.162. The maximum absolute atomic E-state index is 14.2. The van der Waals surface area contributed by atoms with E-state index in [2.05, 4.69) is 4.98 Å². The fourth-order valence-electron chi connectivity index (χ4n) is 2.35. The number of rotatable bonds is 5. The molecule has 4 nitrogen and oxygen atoms in total. The van der Waals surface area contributed by atoms with E-state index in [-0.39, 0.29) is 5.75 Å². The van der Waals surface area contributed by atoms with Gasteiger partial charge in [0.25, 0.3) is 0 Å². The van der Waals surface area contributed by atoms with E-state index in [0.717, 1.165) is 4.90 Å². The first kappa shape index (κ1) is 16.4. The van der Waals surface area contributed by atoms with Gasteiger partial charge in [0.2, 0.25) is 0 Å². The molecule has 0 aliphatic carbocycles. The van der Waals surface area contributed by atoms with Gasteiger partial charge in [-0.25, -0.2) is 4.39 Å². The summed E-state index contributed by atoms with van der Waals surface area (Å²) in [6.45, 7) is 0. The molecule has 2 aromatic carbocycles. The number of nitrogens with zero attached hydrogens (tertiary/aromatic N) is 1. The predicted molar refractivity (Wildman–Crippen MR) is 93.1 cm³/mol. The number of methoxy groups -OCH3 is 2. The molecule has 24 heavy (non-hydrogen) atoms. The van der Waals surface area contributed by atoms with Crippen molar-refractivity contribution in [1.29, 1.82) is 0 Å². The van der Waals surface area contributed by atoms with Crippen LogP contribution < -0.4 is 14.2 Å². The standard InChI is InChI=1S/C18H16FNO3S/c1-21-17-9-12-14(10-18(17)22-2)20-7-6-15(12)23-16-5-4-11(24-3)8-13(16)19/h4-10H,1-3H3. The van der Waals surface area contributed by atoms with E-state index >= 15 is 0 Å². The summed E-state index contributed by atoms with van der Waals surface area (Å²) in [5, 5.41) is 0.712. The first-order chi connectivity index (χ1) is 11.7. The Labute approximate surface area is 143 Å². The molecule has 0 aliphatic heterocycles. The Kier molecular flexibility index (Phi) is 4.76. The molecule has 0 N–H and O–H groups in total. The van der Waals surface area contributed by atoms with Crippen molar-refractivity contribution in [2.75, 3.05) is 20.5 Å². The molecule has 0 fully saturated rings. The summed E-state index contributed by atoms with van der Waals surface area (Å²) in [4.78, 5) is 5.14. The van der Waals surface area contributed by atoms with Crippen molar-refractivity contribution in [3.8, 4) is 23.0 Å². The number of aromatic nitrogens is 1. The average Bonchev–Trinajstić information content (AvgIpc) is 2.62. The third-order valence-electron chi connectivity index (χ3n) is 3.57. The van der Waals surface area contributed by atoms with Crippen molar-refractivity contribution in [3.05, 3.63) is 48.4 Å². The molecule has 0 atom stereocenters. The molecule has 0 unspecified atom stereocenters. The molecule has 0 aliphatic rings. The second-order valence-electron chi connectivity index (χ2n) is 4.93. The van der Waals surface area contributed by atoms with Crippen molar-refractivity contribution in [2.45, 2.75) is 4.90 Å². The van der Waals surface area contributed by atoms with Gasteiger partial charge in [-0.1, -0.05) is 0 Å². The molecule has 0 bridgehead atoms. The van der Waals surface area contributed by atoms with Crippen molar-refractivity contribution in [1.82, 2.24) is 4.98 Å². The van der Waals surface area contributed by atoms with Gasteiger partial charge in [0.1, 0.15) is 5.75 Å². The van der Waals surface area contributed by atoms with Gasteiger partial charge in [0.15, 0.2) is 23.1 Å². The van der Waals surface area contributed by atoms with E-state index in [1.54, 1.807) is 44.7 Å². The number of halogens is 1. The second-order valence-corrected chi connectivity index (χ2v) is 5.81. The molecule has 1 heterocycles. The smallest absolute Gasteiger partial charge is 0.166 e. The lowest BCUT2D eigenvalue weighted by Gasteiger charge is -2.13. The lowest BCUT2D eigenvalue weighted by molar-refractivity contribution is 0.355. The molecule has 3 aromatic rings. The Hall–Kier alpha value is -2.47. The van der Waals surface area contributed by atoms with Gasteiger partial charge >= 0.3 is 0 Å². The van der Waals surface area contributed by atoms with E-state index in [4.69, 9.17) is 14.2 Å². The number of hydrogen-bond acceptors (Lipinski definition) is 5. The largest absolute Gasteiger partial charge is 0.493 e. The predicted octanol–water partition coefficient (Wildman–Crippen LogP) is 4.91. The summed E-state index contributed by atoms with van der Waals surface area (Å²) in [5.74, 6) is 1.38. The number of pyridine rings is 1. The van der Waals surface area contributed by atoms with Gasteiger partial charge in [-0.3, -0.25) is 4.98 Å². The highest BCUT2D eigenvalue weighted by Crippen LogP contribution is 2.37. The Morgan fingerprint density at radius 1 is 0.917 bits per heavy atom. The lowest BCUT2D eigenvalue weighted by atomic mass is 10.2. The summed E-state index contributed by atoms with van der Waals surface area (Å²) in [5.41, 5.74) is 0.672. The maximum atomic E-state index is 14.2. The maximum Gasteiger partial charge on any atom is 0.166 e. The summed E-state index contributed by atoms with van der Waals surface area (Å²) < 4.78 is 30.6. The molecule has 124 valence electrons. The van der Waals surface area contributed by atoms with Crippen LogP contribution >= 0.6 is 11.8 Å². The monoisotopic (exact) mass is 345 g/mol. The van der Waals surface area contributed by atoms with Gasteiger partial charge in [0, 0.05) is 22.5 Å². The third-order valence-corrected chi connectivity index (χ3v) is 4.29. The topological polar surface area (TPSA) is 40.6 Å². The van der Waals surface area contributed by atoms with Crippen LogP contribution in [0.5, 0.6) is 23.0 Å². The highest BCUT2D eigenvalue weighted by molar-refractivity contribution is 7.98. The Morgan fingerprint density at radius 3 is 2.33 bits per heavy atom. The van der Waals surface area contributed by atoms with Crippen LogP contribution in [-0.2, 0) is 0 Å². The van der Waals surface area contributed by atoms with E-state index in [1.807, 2.05) is 12.3 Å². The van der Waals surface area contributed by atoms with E-state index in [0.29, 0.717) is 28.2 Å². The molecule has 1 aromatic heterocycles. The fraction of sp³-hybridized carbons (Fsp3) is 0.167. The minimum Gasteiger partial charge on any atom is -0.493 e. The van der Waals surface area contributed by atoms with Crippen LogP contribution in [0, 0.1) is 5.82 Å². The van der Waals surface area contributed by atoms with E-state index < -0.39 is 5.82 Å². The zero-order valence-electron chi connectivity index (χ0n) is 13.5.